The Morgan fingerprint density at radius 3 is 2.88 bits per heavy atom. The topological polar surface area (TPSA) is 90.5 Å². The normalized spacial score (nSPS) is 19.9. The van der Waals surface area contributed by atoms with Gasteiger partial charge in [-0.1, -0.05) is 43.0 Å². The van der Waals surface area contributed by atoms with E-state index in [0.717, 1.165) is 47.4 Å². The summed E-state index contributed by atoms with van der Waals surface area (Å²) >= 11 is 0. The van der Waals surface area contributed by atoms with E-state index in [4.69, 9.17) is 14.7 Å². The predicted octanol–water partition coefficient (Wildman–Crippen LogP) is 4.88. The molecule has 212 valence electrons. The number of carbonyl (C=O) groups excluding carboxylic acids is 1. The van der Waals surface area contributed by atoms with E-state index in [1.165, 1.54) is 17.2 Å². The molecule has 2 aromatic carbocycles. The number of fused-ring (bicyclic) bond motifs is 3. The molecule has 0 bridgehead atoms. The zero-order chi connectivity index (χ0) is 28.8. The largest absolute Gasteiger partial charge is 0.422 e. The van der Waals surface area contributed by atoms with Crippen LogP contribution in [0.25, 0.3) is 10.9 Å². The first-order valence-corrected chi connectivity index (χ1v) is 14.5. The van der Waals surface area contributed by atoms with E-state index in [1.54, 1.807) is 4.90 Å². The highest BCUT2D eigenvalue weighted by molar-refractivity contribution is 5.87. The first-order valence-electron chi connectivity index (χ1n) is 14.5. The number of hydrogen-bond donors (Lipinski definition) is 0. The van der Waals surface area contributed by atoms with Crippen molar-refractivity contribution in [1.29, 1.82) is 5.26 Å². The fourth-order valence-electron chi connectivity index (χ4n) is 6.91. The van der Waals surface area contributed by atoms with Gasteiger partial charge in [0.05, 0.1) is 29.7 Å². The Morgan fingerprint density at radius 2 is 2.02 bits per heavy atom. The summed E-state index contributed by atoms with van der Waals surface area (Å²) in [5, 5.41) is 10.6. The molecule has 2 aliphatic heterocycles. The van der Waals surface area contributed by atoms with Crippen LogP contribution in [0.2, 0.25) is 0 Å². The second-order valence-electron chi connectivity index (χ2n) is 11.3. The maximum Gasteiger partial charge on any atom is 0.324 e. The van der Waals surface area contributed by atoms with Gasteiger partial charge in [0.15, 0.2) is 5.75 Å². The Morgan fingerprint density at radius 1 is 1.14 bits per heavy atom. The molecule has 4 heterocycles. The van der Waals surface area contributed by atoms with Gasteiger partial charge in [-0.15, -0.1) is 0 Å². The summed E-state index contributed by atoms with van der Waals surface area (Å²) in [6, 6.07) is 19.4. The molecule has 2 aromatic heterocycles. The van der Waals surface area contributed by atoms with Crippen LogP contribution < -0.4 is 9.64 Å². The molecule has 1 fully saturated rings. The number of ether oxygens (including phenoxy) is 1. The Kier molecular flexibility index (Phi) is 6.63. The third-order valence-corrected chi connectivity index (χ3v) is 8.94. The first kappa shape index (κ1) is 26.2. The zero-order valence-electron chi connectivity index (χ0n) is 23.7. The van der Waals surface area contributed by atoms with Crippen molar-refractivity contribution in [1.82, 2.24) is 24.3 Å². The molecule has 7 rings (SSSR count). The van der Waals surface area contributed by atoms with E-state index in [0.29, 0.717) is 44.0 Å². The second-order valence-corrected chi connectivity index (χ2v) is 11.3. The lowest BCUT2D eigenvalue weighted by Crippen LogP contribution is -2.55. The average Bonchev–Trinajstić information content (AvgIpc) is 3.73. The number of amides is 1. The molecule has 9 nitrogen and oxygen atoms in total. The number of nitrogens with zero attached hydrogens (tertiary/aromatic N) is 7. The highest BCUT2D eigenvalue weighted by Crippen LogP contribution is 2.42. The molecule has 1 unspecified atom stereocenters. The summed E-state index contributed by atoms with van der Waals surface area (Å²) in [6.07, 6.45) is 5.75. The molecule has 3 aliphatic rings. The van der Waals surface area contributed by atoms with Crippen LogP contribution >= 0.6 is 0 Å². The summed E-state index contributed by atoms with van der Waals surface area (Å²) < 4.78 is 8.48. The molecule has 4 aromatic rings. The van der Waals surface area contributed by atoms with Crippen LogP contribution in [-0.4, -0.2) is 55.9 Å². The SMILES string of the molecule is C=CC(=O)N1CCN(c2nc(Oc3cccc4ccn(C)c34)nc3c2CN(C2CCc4ccccc42)C3)C[C@@H]1CC#N. The van der Waals surface area contributed by atoms with Crippen LogP contribution in [-0.2, 0) is 31.4 Å². The monoisotopic (exact) mass is 559 g/mol. The molecule has 0 radical (unpaired) electrons. The summed E-state index contributed by atoms with van der Waals surface area (Å²) in [5.74, 6) is 1.39. The second kappa shape index (κ2) is 10.6. The lowest BCUT2D eigenvalue weighted by molar-refractivity contribution is -0.128. The highest BCUT2D eigenvalue weighted by Gasteiger charge is 2.37. The van der Waals surface area contributed by atoms with E-state index < -0.39 is 0 Å². The van der Waals surface area contributed by atoms with Crippen molar-refractivity contribution < 1.29 is 9.53 Å². The lowest BCUT2D eigenvalue weighted by atomic mass is 10.1. The quantitative estimate of drug-likeness (QED) is 0.311. The number of rotatable bonds is 6. The van der Waals surface area contributed by atoms with Crippen molar-refractivity contribution in [2.24, 2.45) is 7.05 Å². The summed E-state index contributed by atoms with van der Waals surface area (Å²) in [7, 11) is 2.00. The average molecular weight is 560 g/mol. The minimum absolute atomic E-state index is 0.145. The third kappa shape index (κ3) is 4.48. The third-order valence-electron chi connectivity index (χ3n) is 8.94. The van der Waals surface area contributed by atoms with Crippen LogP contribution in [0.1, 0.15) is 41.3 Å². The number of benzene rings is 2. The molecule has 42 heavy (non-hydrogen) atoms. The molecule has 2 atom stereocenters. The number of anilines is 1. The van der Waals surface area contributed by atoms with Crippen molar-refractivity contribution in [3.8, 4) is 17.8 Å². The van der Waals surface area contributed by atoms with E-state index in [-0.39, 0.29) is 18.4 Å². The van der Waals surface area contributed by atoms with Gasteiger partial charge in [0.25, 0.3) is 0 Å². The fourth-order valence-corrected chi connectivity index (χ4v) is 6.91. The molecule has 0 saturated carbocycles. The minimum atomic E-state index is -0.249. The van der Waals surface area contributed by atoms with E-state index in [1.807, 2.05) is 29.9 Å². The molecule has 1 aliphatic carbocycles. The van der Waals surface area contributed by atoms with Gasteiger partial charge in [-0.05, 0) is 42.2 Å². The maximum atomic E-state index is 12.6. The molecule has 9 heteroatoms. The van der Waals surface area contributed by atoms with Crippen LogP contribution in [0.3, 0.4) is 0 Å². The minimum Gasteiger partial charge on any atom is -0.422 e. The standard InChI is InChI=1S/C33H33N7O2/c1-3-30(41)40-18-17-38(19-24(40)13-15-34)32-26-20-39(28-12-11-22-7-4-5-9-25(22)28)21-27(26)35-33(36-32)42-29-10-6-8-23-14-16-37(2)31(23)29/h3-10,14,16,24,28H,1,11-13,17-21H2,2H3/t24-,28?/m0/s1. The Hall–Kier alpha value is -4.68. The number of aryl methyl sites for hydroxylation is 2. The van der Waals surface area contributed by atoms with E-state index in [9.17, 15) is 10.1 Å². The predicted molar refractivity (Wildman–Crippen MR) is 160 cm³/mol. The molecule has 0 N–H and O–H groups in total. The smallest absolute Gasteiger partial charge is 0.324 e. The van der Waals surface area contributed by atoms with Crippen LogP contribution in [0.5, 0.6) is 11.8 Å². The Balaban J connectivity index is 1.26. The van der Waals surface area contributed by atoms with Gasteiger partial charge in [0, 0.05) is 63.0 Å². The van der Waals surface area contributed by atoms with Crippen LogP contribution in [0.15, 0.2) is 67.4 Å². The van der Waals surface area contributed by atoms with Gasteiger partial charge in [0.2, 0.25) is 5.91 Å². The van der Waals surface area contributed by atoms with Crippen molar-refractivity contribution in [2.75, 3.05) is 24.5 Å². The van der Waals surface area contributed by atoms with Crippen molar-refractivity contribution >= 4 is 22.6 Å². The van der Waals surface area contributed by atoms with Crippen LogP contribution in [0.4, 0.5) is 5.82 Å². The number of hydrogen-bond acceptors (Lipinski definition) is 7. The van der Waals surface area contributed by atoms with Crippen molar-refractivity contribution in [3.05, 3.63) is 89.8 Å². The zero-order valence-corrected chi connectivity index (χ0v) is 23.7. The first-order chi connectivity index (χ1) is 20.5. The fraction of sp³-hybridized carbons (Fsp3) is 0.333. The molecular formula is C33H33N7O2. The van der Waals surface area contributed by atoms with Gasteiger partial charge in [0.1, 0.15) is 5.82 Å². The number of para-hydroxylation sites is 1. The van der Waals surface area contributed by atoms with Gasteiger partial charge in [-0.25, -0.2) is 0 Å². The summed E-state index contributed by atoms with van der Waals surface area (Å²) in [4.78, 5) is 29.0. The number of nitriles is 1. The number of aromatic nitrogens is 3. The van der Waals surface area contributed by atoms with E-state index in [2.05, 4.69) is 58.8 Å². The number of piperazine rings is 1. The van der Waals surface area contributed by atoms with E-state index >= 15 is 0 Å². The van der Waals surface area contributed by atoms with Gasteiger partial charge in [-0.3, -0.25) is 9.69 Å². The summed E-state index contributed by atoms with van der Waals surface area (Å²) in [5.41, 5.74) is 5.88. The number of carbonyl (C=O) groups is 1. The summed E-state index contributed by atoms with van der Waals surface area (Å²) in [6.45, 7) is 6.72. The van der Waals surface area contributed by atoms with Gasteiger partial charge < -0.3 is 19.1 Å². The van der Waals surface area contributed by atoms with Crippen molar-refractivity contribution in [2.45, 2.75) is 44.4 Å². The van der Waals surface area contributed by atoms with Gasteiger partial charge in [-0.2, -0.15) is 15.2 Å². The highest BCUT2D eigenvalue weighted by atomic mass is 16.5. The van der Waals surface area contributed by atoms with Crippen molar-refractivity contribution in [3.63, 3.8) is 0 Å². The molecule has 1 amide bonds. The molecular weight excluding hydrogens is 526 g/mol. The van der Waals surface area contributed by atoms with Gasteiger partial charge >= 0.3 is 6.01 Å². The molecule has 1 saturated heterocycles. The maximum absolute atomic E-state index is 12.6. The Bertz CT molecular complexity index is 1740. The molecule has 0 spiro atoms. The van der Waals surface area contributed by atoms with Crippen LogP contribution in [0, 0.1) is 11.3 Å². The Labute approximate surface area is 245 Å². The lowest BCUT2D eigenvalue weighted by Gasteiger charge is -2.41.